The molecule has 0 saturated heterocycles. The lowest BCUT2D eigenvalue weighted by Gasteiger charge is -2.46. The molecule has 0 radical (unpaired) electrons. The zero-order valence-corrected chi connectivity index (χ0v) is 9.50. The zero-order valence-electron chi connectivity index (χ0n) is 9.50. The first-order valence-electron chi connectivity index (χ1n) is 5.18. The maximum absolute atomic E-state index is 10.6. The quantitative estimate of drug-likeness (QED) is 0.254. The van der Waals surface area contributed by atoms with Crippen LogP contribution in [0, 0.1) is 0 Å². The molecule has 0 aromatic rings. The summed E-state index contributed by atoms with van der Waals surface area (Å²) in [5.41, 5.74) is -2.97. The fraction of sp³-hybridized carbons (Fsp3) is 0.700. The second-order valence-corrected chi connectivity index (χ2v) is 4.38. The Balaban J connectivity index is 3.19. The summed E-state index contributed by atoms with van der Waals surface area (Å²) in [6, 6.07) is 0. The van der Waals surface area contributed by atoms with Crippen LogP contribution in [0.15, 0.2) is 11.6 Å². The molecule has 1 rings (SSSR count). The number of carboxylic acids is 1. The Morgan fingerprint density at radius 1 is 1.00 bits per heavy atom. The Morgan fingerprint density at radius 3 is 1.72 bits per heavy atom. The van der Waals surface area contributed by atoms with Crippen molar-refractivity contribution in [3.63, 3.8) is 0 Å². The number of hydrogen-bond acceptors (Lipinski definition) is 7. The van der Waals surface area contributed by atoms with E-state index in [1.54, 1.807) is 0 Å². The SMILES string of the molecule is CC(=C[C@]1(O)[C@H](O)[C@H](O)[C@@H](O)[C@H](O)[C@H]1O)C(=O)O. The molecule has 8 nitrogen and oxygen atoms in total. The largest absolute Gasteiger partial charge is 0.478 e. The third kappa shape index (κ3) is 2.26. The van der Waals surface area contributed by atoms with Crippen molar-refractivity contribution in [1.82, 2.24) is 0 Å². The first-order chi connectivity index (χ1) is 8.12. The van der Waals surface area contributed by atoms with Gasteiger partial charge in [0.25, 0.3) is 0 Å². The molecular weight excluding hydrogens is 248 g/mol. The smallest absolute Gasteiger partial charge is 0.331 e. The van der Waals surface area contributed by atoms with E-state index in [4.69, 9.17) is 5.11 Å². The molecule has 6 atom stereocenters. The van der Waals surface area contributed by atoms with Gasteiger partial charge in [-0.05, 0) is 13.0 Å². The molecule has 0 unspecified atom stereocenters. The number of carbonyl (C=O) groups is 1. The van der Waals surface area contributed by atoms with Crippen LogP contribution in [0.4, 0.5) is 0 Å². The molecule has 18 heavy (non-hydrogen) atoms. The molecule has 1 saturated carbocycles. The van der Waals surface area contributed by atoms with Gasteiger partial charge in [-0.15, -0.1) is 0 Å². The molecule has 8 heteroatoms. The minimum atomic E-state index is -2.57. The lowest BCUT2D eigenvalue weighted by atomic mass is 9.74. The van der Waals surface area contributed by atoms with Gasteiger partial charge in [0.1, 0.15) is 36.1 Å². The Labute approximate surface area is 102 Å². The van der Waals surface area contributed by atoms with Crippen LogP contribution < -0.4 is 0 Å². The minimum Gasteiger partial charge on any atom is -0.478 e. The Kier molecular flexibility index (Phi) is 4.11. The molecule has 0 amide bonds. The predicted octanol–water partition coefficient (Wildman–Crippen LogP) is -3.43. The highest BCUT2D eigenvalue weighted by Gasteiger charge is 2.56. The van der Waals surface area contributed by atoms with E-state index in [0.717, 1.165) is 6.92 Å². The number of aliphatic hydroxyl groups excluding tert-OH is 5. The maximum atomic E-state index is 10.6. The van der Waals surface area contributed by atoms with Crippen molar-refractivity contribution in [1.29, 1.82) is 0 Å². The molecule has 104 valence electrons. The highest BCUT2D eigenvalue weighted by Crippen LogP contribution is 2.32. The molecule has 0 bridgehead atoms. The average molecular weight is 264 g/mol. The van der Waals surface area contributed by atoms with Crippen LogP contribution in [0.25, 0.3) is 0 Å². The molecular formula is C10H16O8. The molecule has 0 aromatic heterocycles. The number of carboxylic acid groups (broad SMARTS) is 1. The number of hydrogen-bond donors (Lipinski definition) is 7. The summed E-state index contributed by atoms with van der Waals surface area (Å²) < 4.78 is 0. The Morgan fingerprint density at radius 2 is 1.39 bits per heavy atom. The van der Waals surface area contributed by atoms with Gasteiger partial charge in [0.05, 0.1) is 0 Å². The monoisotopic (exact) mass is 264 g/mol. The van der Waals surface area contributed by atoms with Crippen molar-refractivity contribution in [2.45, 2.75) is 43.0 Å². The first-order valence-corrected chi connectivity index (χ1v) is 5.18. The summed E-state index contributed by atoms with van der Waals surface area (Å²) in [6.07, 6.45) is -9.16. The second kappa shape index (κ2) is 4.92. The number of rotatable bonds is 2. The fourth-order valence-corrected chi connectivity index (χ4v) is 1.88. The fourth-order valence-electron chi connectivity index (χ4n) is 1.88. The number of aliphatic hydroxyl groups is 6. The van der Waals surface area contributed by atoms with Gasteiger partial charge < -0.3 is 35.7 Å². The van der Waals surface area contributed by atoms with Gasteiger partial charge >= 0.3 is 5.97 Å². The van der Waals surface area contributed by atoms with Crippen molar-refractivity contribution in [2.75, 3.05) is 0 Å². The Bertz CT molecular complexity index is 349. The lowest BCUT2D eigenvalue weighted by Crippen LogP contribution is -2.70. The van der Waals surface area contributed by atoms with E-state index in [1.165, 1.54) is 0 Å². The standard InChI is InChI=1S/C10H16O8/c1-3(9(16)17)2-10(18)7(14)5(12)4(11)6(13)8(10)15/h2,4-8,11-15,18H,1H3,(H,16,17)/t4-,5-,6+,7-,8-,10+/m1/s1. The summed E-state index contributed by atoms with van der Waals surface area (Å²) in [4.78, 5) is 10.6. The predicted molar refractivity (Wildman–Crippen MR) is 56.4 cm³/mol. The normalized spacial score (nSPS) is 45.9. The van der Waals surface area contributed by atoms with Gasteiger partial charge in [-0.1, -0.05) is 0 Å². The highest BCUT2D eigenvalue weighted by molar-refractivity contribution is 5.86. The van der Waals surface area contributed by atoms with E-state index in [9.17, 15) is 35.4 Å². The Hall–Kier alpha value is -1.03. The van der Waals surface area contributed by atoms with Crippen LogP contribution in [0.2, 0.25) is 0 Å². The van der Waals surface area contributed by atoms with Crippen molar-refractivity contribution in [3.8, 4) is 0 Å². The average Bonchev–Trinajstić information content (AvgIpc) is 2.32. The summed E-state index contributed by atoms with van der Waals surface area (Å²) >= 11 is 0. The van der Waals surface area contributed by atoms with Gasteiger partial charge in [-0.2, -0.15) is 0 Å². The summed E-state index contributed by atoms with van der Waals surface area (Å²) in [6.45, 7) is 1.10. The van der Waals surface area contributed by atoms with Gasteiger partial charge in [-0.25, -0.2) is 4.79 Å². The zero-order chi connectivity index (χ0) is 14.2. The summed E-state index contributed by atoms with van der Waals surface area (Å²) in [5, 5.41) is 66.0. The third-order valence-electron chi connectivity index (χ3n) is 3.08. The third-order valence-corrected chi connectivity index (χ3v) is 3.08. The van der Waals surface area contributed by atoms with E-state index in [0.29, 0.717) is 6.08 Å². The molecule has 1 fully saturated rings. The van der Waals surface area contributed by atoms with Crippen LogP contribution in [0.1, 0.15) is 6.92 Å². The van der Waals surface area contributed by atoms with Gasteiger partial charge in [-0.3, -0.25) is 0 Å². The van der Waals surface area contributed by atoms with Crippen molar-refractivity contribution >= 4 is 5.97 Å². The minimum absolute atomic E-state index is 0.397. The molecule has 7 N–H and O–H groups in total. The molecule has 1 aliphatic rings. The van der Waals surface area contributed by atoms with Crippen LogP contribution >= 0.6 is 0 Å². The molecule has 0 aliphatic heterocycles. The van der Waals surface area contributed by atoms with Crippen LogP contribution in [0.3, 0.4) is 0 Å². The van der Waals surface area contributed by atoms with Crippen molar-refractivity contribution < 1.29 is 40.5 Å². The van der Waals surface area contributed by atoms with E-state index in [1.807, 2.05) is 0 Å². The van der Waals surface area contributed by atoms with Crippen LogP contribution in [-0.4, -0.2) is 77.8 Å². The second-order valence-electron chi connectivity index (χ2n) is 4.38. The van der Waals surface area contributed by atoms with E-state index in [-0.39, 0.29) is 0 Å². The molecule has 0 spiro atoms. The highest BCUT2D eigenvalue weighted by atomic mass is 16.4. The molecule has 0 aromatic carbocycles. The van der Waals surface area contributed by atoms with Crippen LogP contribution in [0.5, 0.6) is 0 Å². The maximum Gasteiger partial charge on any atom is 0.331 e. The summed E-state index contributed by atoms with van der Waals surface area (Å²) in [5.74, 6) is -1.40. The van der Waals surface area contributed by atoms with Gasteiger partial charge in [0, 0.05) is 5.57 Å². The molecule has 1 aliphatic carbocycles. The lowest BCUT2D eigenvalue weighted by molar-refractivity contribution is -0.251. The first kappa shape index (κ1) is 15.0. The van der Waals surface area contributed by atoms with Gasteiger partial charge in [0.2, 0.25) is 0 Å². The number of aliphatic carboxylic acids is 1. The molecule has 0 heterocycles. The van der Waals surface area contributed by atoms with Gasteiger partial charge in [0.15, 0.2) is 0 Å². The van der Waals surface area contributed by atoms with Crippen molar-refractivity contribution in [2.24, 2.45) is 0 Å². The van der Waals surface area contributed by atoms with E-state index < -0.39 is 47.7 Å². The van der Waals surface area contributed by atoms with E-state index in [2.05, 4.69) is 0 Å². The topological polar surface area (TPSA) is 159 Å². The van der Waals surface area contributed by atoms with Crippen LogP contribution in [-0.2, 0) is 4.79 Å². The van der Waals surface area contributed by atoms with E-state index >= 15 is 0 Å². The van der Waals surface area contributed by atoms with Crippen molar-refractivity contribution in [3.05, 3.63) is 11.6 Å². The summed E-state index contributed by atoms with van der Waals surface area (Å²) in [7, 11) is 0.